The molecule has 0 bridgehead atoms. The molecule has 0 atom stereocenters. The van der Waals surface area contributed by atoms with Crippen molar-refractivity contribution in [3.8, 4) is 0 Å². The summed E-state index contributed by atoms with van der Waals surface area (Å²) in [5.41, 5.74) is 0. The number of nitrogens with zero attached hydrogens (tertiary/aromatic N) is 12. The van der Waals surface area contributed by atoms with Gasteiger partial charge in [0, 0.05) is 154 Å². The Kier molecular flexibility index (Phi) is 94.8. The molecule has 0 unspecified atom stereocenters. The molecule has 0 aromatic heterocycles. The minimum absolute atomic E-state index is 1.36. The lowest BCUT2D eigenvalue weighted by Gasteiger charge is -2.28. The van der Waals surface area contributed by atoms with Crippen molar-refractivity contribution in [2.24, 2.45) is 0 Å². The Hall–Kier alpha value is -0.0000000000000000555. The largest absolute Gasteiger partial charge is 0.786 e. The highest BCUT2D eigenvalue weighted by molar-refractivity contribution is 7.43. The number of quaternary nitrogens is 12. The van der Waals surface area contributed by atoms with Crippen molar-refractivity contribution < 1.29 is 165 Å². The molecule has 0 spiro atoms. The maximum atomic E-state index is 10.1. The molecule has 12 aliphatic rings. The van der Waals surface area contributed by atoms with E-state index in [2.05, 4.69) is 168 Å². The minimum Gasteiger partial charge on any atom is -0.786 e. The minimum atomic E-state index is -5.64. The van der Waals surface area contributed by atoms with Gasteiger partial charge in [0.15, 0.2) is 0 Å². The Bertz CT molecular complexity index is 2620. The molecule has 30 nitrogen and oxygen atoms in total. The highest BCUT2D eigenvalue weighted by Gasteiger charge is 2.34. The van der Waals surface area contributed by atoms with Gasteiger partial charge in [0.1, 0.15) is 47.4 Å². The predicted octanol–water partition coefficient (Wildman–Crippen LogP) is 17.0. The summed E-state index contributed by atoms with van der Waals surface area (Å²) >= 11 is 0. The summed E-state index contributed by atoms with van der Waals surface area (Å²) in [5.74, 6) is 0. The van der Waals surface area contributed by atoms with E-state index in [0.29, 0.717) is 0 Å². The van der Waals surface area contributed by atoms with E-state index in [1.54, 1.807) is 0 Å². The molecule has 12 heterocycles. The van der Waals surface area contributed by atoms with Crippen molar-refractivity contribution in [1.29, 1.82) is 0 Å². The highest BCUT2D eigenvalue weighted by Crippen LogP contribution is 2.30. The van der Waals surface area contributed by atoms with Gasteiger partial charge in [-0.15, -0.1) is 0 Å². The van der Waals surface area contributed by atoms with Gasteiger partial charge in [0.25, 0.3) is 0 Å². The summed E-state index contributed by atoms with van der Waals surface area (Å²) in [4.78, 5) is 101. The average Bonchev–Trinajstić information content (AvgIpc) is 1.83. The molecular weight excluding hydrogens is 2050 g/mol. The molecule has 12 fully saturated rings. The molecule has 0 N–H and O–H groups in total. The van der Waals surface area contributed by atoms with Crippen molar-refractivity contribution in [2.45, 2.75) is 391 Å². The van der Waals surface area contributed by atoms with Crippen molar-refractivity contribution in [2.75, 3.05) is 320 Å². The first-order valence-electron chi connectivity index (χ1n) is 59.5. The van der Waals surface area contributed by atoms with Crippen LogP contribution < -0.4 is 58.7 Å². The van der Waals surface area contributed by atoms with Gasteiger partial charge in [-0.3, -0.25) is 0 Å². The van der Waals surface area contributed by atoms with Gasteiger partial charge in [-0.05, 0) is 77.0 Å². The van der Waals surface area contributed by atoms with Gasteiger partial charge in [0.05, 0.1) is 320 Å². The van der Waals surface area contributed by atoms with Crippen molar-refractivity contribution in [3.05, 3.63) is 0 Å². The van der Waals surface area contributed by atoms with Crippen LogP contribution in [-0.4, -0.2) is 374 Å². The number of hydrogen-bond acceptors (Lipinski definition) is 18. The quantitative estimate of drug-likeness (QED) is 0.0319. The molecule has 42 heteroatoms. The summed E-state index contributed by atoms with van der Waals surface area (Å²) in [6.07, 6.45) is 68.2. The fraction of sp³-hybridized carbons (Fsp3) is 1.00. The van der Waals surface area contributed by atoms with Crippen LogP contribution in [0, 0.1) is 0 Å². The van der Waals surface area contributed by atoms with Gasteiger partial charge in [-0.25, -0.2) is 25.2 Å². The number of unbranched alkanes of at least 4 members (excludes halogenated alkanes) is 12. The SMILES string of the molecule is CCCC[N+]1(C)CCCC1.CCCC[N+]1(C)CCCC1.CCCC[N+]1(C)CCCC1.CCCC[N+]1(C)CCCC1.CCCC[N+]1(C)CCCC1.CCCC[N+]1(C)CCCC1.CCCC[N+]1(C)CCCC1.CCCC[N+]1(C)CCCC1.CCCC[N+]1(C)CCCC1.CCCC[N+]1(C)CCCC1.CCCC[N+]1(C)CCCC1.CCCC[N+]1(C)CCCC1.O=P([O-])([O-])F.O=P([O-])([O-])F.O=P([O-])([O-])F.O=P([O-])([O-])F.O=P([O-])([O-])F.O=P([O-])([O-])F. The normalized spacial score (nSPS) is 21.1. The number of hydrogen-bond donors (Lipinski definition) is 0. The summed E-state index contributed by atoms with van der Waals surface area (Å²) in [6, 6.07) is 0. The maximum absolute atomic E-state index is 10.1. The molecule has 150 heavy (non-hydrogen) atoms. The summed E-state index contributed by atoms with van der Waals surface area (Å²) in [6.45, 7) is 78.7. The van der Waals surface area contributed by atoms with Gasteiger partial charge >= 0.3 is 0 Å². The lowest BCUT2D eigenvalue weighted by atomic mass is 10.3. The molecule has 0 aromatic carbocycles. The molecule has 0 radical (unpaired) electrons. The zero-order valence-corrected chi connectivity index (χ0v) is 106. The number of rotatable bonds is 36. The third-order valence-corrected chi connectivity index (χ3v) is 32.4. The van der Waals surface area contributed by atoms with Crippen molar-refractivity contribution in [1.82, 2.24) is 0 Å². The van der Waals surface area contributed by atoms with E-state index >= 15 is 0 Å². The molecule has 12 rings (SSSR count). The first-order chi connectivity index (χ1) is 69.2. The first kappa shape index (κ1) is 161. The average molecular weight is 2300 g/mol. The van der Waals surface area contributed by atoms with Crippen LogP contribution in [0.25, 0.3) is 0 Å². The molecule has 0 amide bonds. The van der Waals surface area contributed by atoms with E-state index in [0.717, 1.165) is 0 Å². The molecule has 12 aliphatic heterocycles. The van der Waals surface area contributed by atoms with Crippen LogP contribution in [0.1, 0.15) is 391 Å². The van der Waals surface area contributed by atoms with Crippen LogP contribution in [0.2, 0.25) is 0 Å². The zero-order valence-electron chi connectivity index (χ0n) is 101. The molecule has 0 aromatic rings. The Balaban J connectivity index is -0.000000368. The van der Waals surface area contributed by atoms with E-state index in [1.165, 1.54) is 598 Å². The number of likely N-dealkylation sites (tertiary alicyclic amines) is 12. The Morgan fingerprint density at radius 2 is 0.173 bits per heavy atom. The maximum Gasteiger partial charge on any atom is 0.110 e. The van der Waals surface area contributed by atoms with E-state index < -0.39 is 47.4 Å². The fourth-order valence-corrected chi connectivity index (χ4v) is 22.3. The second-order valence-electron chi connectivity index (χ2n) is 48.8. The third-order valence-electron chi connectivity index (χ3n) is 32.4. The van der Waals surface area contributed by atoms with E-state index in [-0.39, 0.29) is 0 Å². The molecule has 12 saturated heterocycles. The summed E-state index contributed by atoms with van der Waals surface area (Å²) in [7, 11) is -4.97. The Labute approximate surface area is 918 Å². The lowest BCUT2D eigenvalue weighted by Crippen LogP contribution is -2.41. The van der Waals surface area contributed by atoms with E-state index in [1.807, 2.05) is 0 Å². The van der Waals surface area contributed by atoms with E-state index in [9.17, 15) is 25.2 Å². The third kappa shape index (κ3) is 113. The first-order valence-corrected chi connectivity index (χ1v) is 68.1. The predicted molar refractivity (Wildman–Crippen MR) is 591 cm³/mol. The second-order valence-corrected chi connectivity index (χ2v) is 54.0. The van der Waals surface area contributed by atoms with Gasteiger partial charge in [-0.2, -0.15) is 0 Å². The molecule has 0 saturated carbocycles. The van der Waals surface area contributed by atoms with Gasteiger partial charge in [-0.1, -0.05) is 160 Å². The standard InChI is InChI=1S/12C9H20N.6FH2O3P/c12*1-3-4-7-10(2)8-5-6-9-10;6*1-5(2,3)4/h12*3-9H2,1-2H3;6*(H2,2,3,4)/q12*+1;;;;;;/p-12. The highest BCUT2D eigenvalue weighted by atomic mass is 31.2. The smallest absolute Gasteiger partial charge is 0.110 e. The van der Waals surface area contributed by atoms with Crippen LogP contribution >= 0.6 is 47.4 Å². The van der Waals surface area contributed by atoms with Crippen LogP contribution in [0.3, 0.4) is 0 Å². The Morgan fingerprint density at radius 1 is 0.133 bits per heavy atom. The van der Waals surface area contributed by atoms with Crippen LogP contribution in [0.4, 0.5) is 25.2 Å². The van der Waals surface area contributed by atoms with Gasteiger partial charge in [0.2, 0.25) is 0 Å². The fourth-order valence-electron chi connectivity index (χ4n) is 22.3. The lowest BCUT2D eigenvalue weighted by molar-refractivity contribution is -0.897. The van der Waals surface area contributed by atoms with Crippen LogP contribution in [-0.2, 0) is 27.4 Å². The molecule has 912 valence electrons. The van der Waals surface area contributed by atoms with Crippen molar-refractivity contribution in [3.63, 3.8) is 0 Å². The monoisotopic (exact) mass is 2290 g/mol. The number of halogens is 6. The Morgan fingerprint density at radius 3 is 0.207 bits per heavy atom. The molecular formula is C108H240F6N12O18P6. The topological polar surface area (TPSA) is 379 Å². The van der Waals surface area contributed by atoms with E-state index in [4.69, 9.17) is 86.1 Å². The second kappa shape index (κ2) is 88.5. The summed E-state index contributed by atoms with van der Waals surface area (Å²) in [5, 5.41) is 0. The van der Waals surface area contributed by atoms with Crippen LogP contribution in [0.5, 0.6) is 0 Å². The summed E-state index contributed by atoms with van der Waals surface area (Å²) < 4.78 is 128. The zero-order chi connectivity index (χ0) is 116. The van der Waals surface area contributed by atoms with Gasteiger partial charge < -0.3 is 140 Å². The van der Waals surface area contributed by atoms with Crippen molar-refractivity contribution >= 4 is 47.4 Å². The molecule has 0 aliphatic carbocycles. The van der Waals surface area contributed by atoms with Crippen LogP contribution in [0.15, 0.2) is 0 Å².